The Hall–Kier alpha value is -2.77. The van der Waals surface area contributed by atoms with E-state index in [0.717, 1.165) is 12.8 Å². The molecule has 3 rings (SSSR count). The molecule has 1 fully saturated rings. The first kappa shape index (κ1) is 19.0. The van der Waals surface area contributed by atoms with E-state index in [-0.39, 0.29) is 18.9 Å². The van der Waals surface area contributed by atoms with E-state index in [9.17, 15) is 19.1 Å². The summed E-state index contributed by atoms with van der Waals surface area (Å²) in [5.74, 6) is -1.28. The fourth-order valence-electron chi connectivity index (χ4n) is 3.29. The number of aryl methyl sites for hydroxylation is 1. The molecule has 1 aromatic carbocycles. The number of amides is 1. The van der Waals surface area contributed by atoms with Crippen molar-refractivity contribution < 1.29 is 23.6 Å². The van der Waals surface area contributed by atoms with Gasteiger partial charge in [-0.25, -0.2) is 4.39 Å². The van der Waals surface area contributed by atoms with Crippen molar-refractivity contribution in [1.82, 2.24) is 15.5 Å². The van der Waals surface area contributed by atoms with Gasteiger partial charge in [-0.1, -0.05) is 30.1 Å². The Labute approximate surface area is 156 Å². The first-order valence-electron chi connectivity index (χ1n) is 9.10. The maximum absolute atomic E-state index is 13.0. The van der Waals surface area contributed by atoms with Gasteiger partial charge in [-0.2, -0.15) is 4.98 Å². The highest BCUT2D eigenvalue weighted by Crippen LogP contribution is 2.32. The zero-order valence-corrected chi connectivity index (χ0v) is 14.9. The summed E-state index contributed by atoms with van der Waals surface area (Å²) in [5.41, 5.74) is 0.433. The maximum Gasteiger partial charge on any atom is 0.312 e. The molecule has 1 amide bonds. The monoisotopic (exact) mass is 375 g/mol. The summed E-state index contributed by atoms with van der Waals surface area (Å²) < 4.78 is 18.2. The van der Waals surface area contributed by atoms with Gasteiger partial charge in [0.1, 0.15) is 5.82 Å². The number of aliphatic carboxylic acids is 1. The highest BCUT2D eigenvalue weighted by atomic mass is 19.1. The summed E-state index contributed by atoms with van der Waals surface area (Å²) in [6.07, 6.45) is 4.92. The van der Waals surface area contributed by atoms with E-state index >= 15 is 0 Å². The summed E-state index contributed by atoms with van der Waals surface area (Å²) in [4.78, 5) is 27.8. The van der Waals surface area contributed by atoms with Gasteiger partial charge in [0.05, 0.1) is 5.92 Å². The highest BCUT2D eigenvalue weighted by molar-refractivity contribution is 5.79. The van der Waals surface area contributed by atoms with Crippen LogP contribution in [0.5, 0.6) is 0 Å². The number of carbonyl (C=O) groups is 2. The molecular formula is C19H22FN3O4. The van der Waals surface area contributed by atoms with E-state index in [0.29, 0.717) is 29.6 Å². The van der Waals surface area contributed by atoms with Crippen molar-refractivity contribution in [1.29, 1.82) is 0 Å². The number of carboxylic acids is 1. The Bertz CT molecular complexity index is 785. The second-order valence-corrected chi connectivity index (χ2v) is 6.77. The Morgan fingerprint density at radius 3 is 2.63 bits per heavy atom. The average molecular weight is 375 g/mol. The fraction of sp³-hybridized carbons (Fsp3) is 0.474. The molecule has 1 aliphatic carbocycles. The second kappa shape index (κ2) is 8.75. The van der Waals surface area contributed by atoms with Crippen molar-refractivity contribution in [2.24, 2.45) is 0 Å². The second-order valence-electron chi connectivity index (χ2n) is 6.77. The highest BCUT2D eigenvalue weighted by Gasteiger charge is 2.23. The standard InChI is InChI=1S/C19H22FN3O4/c20-14-7-5-12(6-8-14)15(19(25)26)11-21-16(24)9-10-17-22-18(23-27-17)13-3-1-2-4-13/h5-8,13,15H,1-4,9-11H2,(H,21,24)(H,25,26). The van der Waals surface area contributed by atoms with E-state index in [4.69, 9.17) is 4.52 Å². The van der Waals surface area contributed by atoms with Crippen molar-refractivity contribution in [3.05, 3.63) is 47.4 Å². The van der Waals surface area contributed by atoms with Gasteiger partial charge in [-0.05, 0) is 30.5 Å². The van der Waals surface area contributed by atoms with E-state index in [2.05, 4.69) is 15.5 Å². The van der Waals surface area contributed by atoms with Gasteiger partial charge in [-0.15, -0.1) is 0 Å². The molecule has 0 saturated heterocycles. The van der Waals surface area contributed by atoms with Gasteiger partial charge < -0.3 is 14.9 Å². The summed E-state index contributed by atoms with van der Waals surface area (Å²) in [5, 5.41) is 15.9. The molecule has 1 aromatic heterocycles. The predicted octanol–water partition coefficient (Wildman–Crippen LogP) is 2.78. The van der Waals surface area contributed by atoms with E-state index in [1.54, 1.807) is 0 Å². The summed E-state index contributed by atoms with van der Waals surface area (Å²) >= 11 is 0. The normalized spacial score (nSPS) is 15.6. The zero-order valence-electron chi connectivity index (χ0n) is 14.9. The fourth-order valence-corrected chi connectivity index (χ4v) is 3.29. The third-order valence-electron chi connectivity index (χ3n) is 4.84. The Kier molecular flexibility index (Phi) is 6.16. The number of benzene rings is 1. The van der Waals surface area contributed by atoms with Crippen LogP contribution in [0.2, 0.25) is 0 Å². The summed E-state index contributed by atoms with van der Waals surface area (Å²) in [7, 11) is 0. The van der Waals surface area contributed by atoms with Crippen LogP contribution in [0, 0.1) is 5.82 Å². The lowest BCUT2D eigenvalue weighted by molar-refractivity contribution is -0.138. The third-order valence-corrected chi connectivity index (χ3v) is 4.84. The molecule has 144 valence electrons. The van der Waals surface area contributed by atoms with E-state index in [1.165, 1.54) is 37.1 Å². The largest absolute Gasteiger partial charge is 0.481 e. The molecule has 1 saturated carbocycles. The molecule has 27 heavy (non-hydrogen) atoms. The van der Waals surface area contributed by atoms with Crippen molar-refractivity contribution in [2.45, 2.75) is 50.4 Å². The quantitative estimate of drug-likeness (QED) is 0.735. The first-order valence-corrected chi connectivity index (χ1v) is 9.10. The molecular weight excluding hydrogens is 353 g/mol. The van der Waals surface area contributed by atoms with Crippen LogP contribution in [-0.2, 0) is 16.0 Å². The van der Waals surface area contributed by atoms with Crippen LogP contribution in [0.4, 0.5) is 4.39 Å². The molecule has 1 atom stereocenters. The molecule has 0 bridgehead atoms. The minimum atomic E-state index is -1.08. The van der Waals surface area contributed by atoms with Gasteiger partial charge >= 0.3 is 5.97 Å². The van der Waals surface area contributed by atoms with Crippen LogP contribution in [-0.4, -0.2) is 33.7 Å². The van der Waals surface area contributed by atoms with Crippen LogP contribution in [0.3, 0.4) is 0 Å². The number of aromatic nitrogens is 2. The number of hydrogen-bond donors (Lipinski definition) is 2. The van der Waals surface area contributed by atoms with Gasteiger partial charge in [0.2, 0.25) is 11.8 Å². The molecule has 2 N–H and O–H groups in total. The number of rotatable bonds is 8. The molecule has 7 nitrogen and oxygen atoms in total. The smallest absolute Gasteiger partial charge is 0.312 e. The van der Waals surface area contributed by atoms with Crippen molar-refractivity contribution in [3.63, 3.8) is 0 Å². The van der Waals surface area contributed by atoms with Crippen molar-refractivity contribution >= 4 is 11.9 Å². The Morgan fingerprint density at radius 1 is 1.26 bits per heavy atom. The van der Waals surface area contributed by atoms with Crippen molar-refractivity contribution in [3.8, 4) is 0 Å². The van der Waals surface area contributed by atoms with Crippen LogP contribution in [0.15, 0.2) is 28.8 Å². The van der Waals surface area contributed by atoms with Gasteiger partial charge in [0.25, 0.3) is 0 Å². The third kappa shape index (κ3) is 5.12. The molecule has 1 unspecified atom stereocenters. The number of halogens is 1. The molecule has 0 aliphatic heterocycles. The Morgan fingerprint density at radius 2 is 1.96 bits per heavy atom. The minimum absolute atomic E-state index is 0.0725. The molecule has 0 radical (unpaired) electrons. The zero-order chi connectivity index (χ0) is 19.2. The first-order chi connectivity index (χ1) is 13.0. The van der Waals surface area contributed by atoms with Crippen LogP contribution < -0.4 is 5.32 Å². The van der Waals surface area contributed by atoms with Gasteiger partial charge in [-0.3, -0.25) is 9.59 Å². The predicted molar refractivity (Wildman–Crippen MR) is 93.6 cm³/mol. The molecule has 0 spiro atoms. The van der Waals surface area contributed by atoms with Crippen molar-refractivity contribution in [2.75, 3.05) is 6.54 Å². The maximum atomic E-state index is 13.0. The van der Waals surface area contributed by atoms with Gasteiger partial charge in [0, 0.05) is 25.3 Å². The number of hydrogen-bond acceptors (Lipinski definition) is 5. The number of nitrogens with zero attached hydrogens (tertiary/aromatic N) is 2. The molecule has 1 aliphatic rings. The molecule has 2 aromatic rings. The van der Waals surface area contributed by atoms with E-state index < -0.39 is 17.7 Å². The molecule has 1 heterocycles. The van der Waals surface area contributed by atoms with E-state index in [1.807, 2.05) is 0 Å². The van der Waals surface area contributed by atoms with Crippen LogP contribution in [0.1, 0.15) is 61.2 Å². The lowest BCUT2D eigenvalue weighted by Gasteiger charge is -2.13. The lowest BCUT2D eigenvalue weighted by atomic mass is 9.99. The topological polar surface area (TPSA) is 105 Å². The molecule has 8 heteroatoms. The summed E-state index contributed by atoms with van der Waals surface area (Å²) in [6.45, 7) is -0.0725. The minimum Gasteiger partial charge on any atom is -0.481 e. The number of carbonyl (C=O) groups excluding carboxylic acids is 1. The average Bonchev–Trinajstić information content (AvgIpc) is 3.33. The van der Waals surface area contributed by atoms with Crippen LogP contribution in [0.25, 0.3) is 0 Å². The van der Waals surface area contributed by atoms with Crippen LogP contribution >= 0.6 is 0 Å². The van der Waals surface area contributed by atoms with Gasteiger partial charge in [0.15, 0.2) is 5.82 Å². The Balaban J connectivity index is 1.48. The SMILES string of the molecule is O=C(CCc1nc(C2CCCC2)no1)NCC(C(=O)O)c1ccc(F)cc1. The number of carboxylic acid groups (broad SMARTS) is 1. The lowest BCUT2D eigenvalue weighted by Crippen LogP contribution is -2.31. The summed E-state index contributed by atoms with van der Waals surface area (Å²) in [6, 6.07) is 5.21. The number of nitrogens with one attached hydrogen (secondary N) is 1.